The zero-order valence-electron chi connectivity index (χ0n) is 16.5. The van der Waals surface area contributed by atoms with Gasteiger partial charge in [-0.15, -0.1) is 6.58 Å². The molecule has 0 saturated heterocycles. The van der Waals surface area contributed by atoms with Gasteiger partial charge in [0.05, 0.1) is 24.3 Å². The van der Waals surface area contributed by atoms with Crippen LogP contribution in [0.15, 0.2) is 30.9 Å². The summed E-state index contributed by atoms with van der Waals surface area (Å²) in [4.78, 5) is 14.1. The highest BCUT2D eigenvalue weighted by molar-refractivity contribution is 5.89. The molecule has 4 rings (SSSR count). The molecule has 10 heteroatoms. The summed E-state index contributed by atoms with van der Waals surface area (Å²) in [6.45, 7) is 3.59. The van der Waals surface area contributed by atoms with E-state index < -0.39 is 29.8 Å². The van der Waals surface area contributed by atoms with Gasteiger partial charge in [0.1, 0.15) is 23.2 Å². The number of rotatable bonds is 2. The van der Waals surface area contributed by atoms with Crippen molar-refractivity contribution in [2.24, 2.45) is 0 Å². The van der Waals surface area contributed by atoms with Crippen LogP contribution in [0.25, 0.3) is 0 Å². The summed E-state index contributed by atoms with van der Waals surface area (Å²) in [5.41, 5.74) is -1.01. The molecule has 1 aromatic heterocycles. The number of hydrogen-bond acceptors (Lipinski definition) is 4. The Morgan fingerprint density at radius 2 is 2.16 bits per heavy atom. The Morgan fingerprint density at radius 3 is 2.87 bits per heavy atom. The van der Waals surface area contributed by atoms with Gasteiger partial charge in [0.15, 0.2) is 0 Å². The van der Waals surface area contributed by atoms with Crippen LogP contribution in [-0.4, -0.2) is 38.0 Å². The summed E-state index contributed by atoms with van der Waals surface area (Å²) >= 11 is 0. The fourth-order valence-electron chi connectivity index (χ4n) is 4.01. The number of aliphatic hydroxyl groups is 1. The molecule has 0 fully saturated rings. The third-order valence-electron chi connectivity index (χ3n) is 5.75. The van der Waals surface area contributed by atoms with E-state index in [0.29, 0.717) is 5.69 Å². The Kier molecular flexibility index (Phi) is 5.01. The van der Waals surface area contributed by atoms with Crippen LogP contribution in [0.2, 0.25) is 0 Å². The minimum Gasteiger partial charge on any atom is -0.384 e. The molecule has 0 unspecified atom stereocenters. The Labute approximate surface area is 176 Å². The number of benzene rings is 1. The third-order valence-corrected chi connectivity index (χ3v) is 5.75. The largest absolute Gasteiger partial charge is 0.384 e. The van der Waals surface area contributed by atoms with Crippen molar-refractivity contribution in [3.63, 3.8) is 0 Å². The number of urea groups is 1. The maximum Gasteiger partial charge on any atom is 0.322 e. The van der Waals surface area contributed by atoms with Gasteiger partial charge in [-0.2, -0.15) is 19.1 Å². The first-order valence-electron chi connectivity index (χ1n) is 9.74. The summed E-state index contributed by atoms with van der Waals surface area (Å²) in [5.74, 6) is -3.92. The Balaban J connectivity index is 1.60. The van der Waals surface area contributed by atoms with E-state index in [4.69, 9.17) is 5.26 Å². The van der Waals surface area contributed by atoms with E-state index in [1.165, 1.54) is 23.1 Å². The van der Waals surface area contributed by atoms with Crippen molar-refractivity contribution in [1.29, 1.82) is 5.26 Å². The topological polar surface area (TPSA) is 94.2 Å². The number of aromatic nitrogens is 2. The number of carbonyl (C=O) groups excluding carboxylic acids is 1. The Bertz CT molecular complexity index is 1110. The van der Waals surface area contributed by atoms with Crippen molar-refractivity contribution in [1.82, 2.24) is 14.7 Å². The van der Waals surface area contributed by atoms with Gasteiger partial charge in [0, 0.05) is 30.6 Å². The number of nitrogens with one attached hydrogen (secondary N) is 1. The van der Waals surface area contributed by atoms with Gasteiger partial charge in [-0.3, -0.25) is 4.68 Å². The number of amides is 2. The predicted octanol–water partition coefficient (Wildman–Crippen LogP) is 3.29. The lowest BCUT2D eigenvalue weighted by Gasteiger charge is -2.28. The number of halogens is 3. The minimum absolute atomic E-state index is 0.0785. The Hall–Kier alpha value is -3.32. The van der Waals surface area contributed by atoms with Crippen molar-refractivity contribution < 1.29 is 23.1 Å². The standard InChI is InChI=1S/C21H20F3N5O2/c1-2-20(31)6-7-21(23,24)18-15-11-28(8-5-17(15)27-29(18)12-20)19(30)26-14-3-4-16(22)13(9-14)10-25/h2-4,9,31H,1,5-8,11-12H2,(H,26,30)/t20-/m0/s1. The van der Waals surface area contributed by atoms with Crippen LogP contribution in [-0.2, 0) is 25.4 Å². The van der Waals surface area contributed by atoms with Crippen LogP contribution < -0.4 is 5.32 Å². The molecular weight excluding hydrogens is 411 g/mol. The molecule has 2 N–H and O–H groups in total. The molecular formula is C21H20F3N5O2. The van der Waals surface area contributed by atoms with Crippen molar-refractivity contribution in [3.8, 4) is 6.07 Å². The maximum atomic E-state index is 15.0. The second kappa shape index (κ2) is 7.42. The van der Waals surface area contributed by atoms with E-state index >= 15 is 0 Å². The first-order valence-corrected chi connectivity index (χ1v) is 9.74. The Morgan fingerprint density at radius 1 is 1.39 bits per heavy atom. The number of anilines is 1. The first-order chi connectivity index (χ1) is 14.7. The molecule has 3 heterocycles. The van der Waals surface area contributed by atoms with Gasteiger partial charge in [0.25, 0.3) is 5.92 Å². The number of nitriles is 1. The molecule has 0 aliphatic carbocycles. The second-order valence-corrected chi connectivity index (χ2v) is 7.85. The quantitative estimate of drug-likeness (QED) is 0.714. The minimum atomic E-state index is -3.22. The van der Waals surface area contributed by atoms with Gasteiger partial charge in [-0.05, 0) is 24.6 Å². The highest BCUT2D eigenvalue weighted by Gasteiger charge is 2.46. The van der Waals surface area contributed by atoms with E-state index in [2.05, 4.69) is 17.0 Å². The third kappa shape index (κ3) is 3.77. The highest BCUT2D eigenvalue weighted by atomic mass is 19.3. The summed E-state index contributed by atoms with van der Waals surface area (Å²) < 4.78 is 44.6. The molecule has 1 atom stereocenters. The molecule has 2 aliphatic heterocycles. The molecule has 2 aromatic rings. The second-order valence-electron chi connectivity index (χ2n) is 7.85. The van der Waals surface area contributed by atoms with E-state index in [1.807, 2.05) is 0 Å². The molecule has 31 heavy (non-hydrogen) atoms. The summed E-state index contributed by atoms with van der Waals surface area (Å²) in [7, 11) is 0. The van der Waals surface area contributed by atoms with Crippen LogP contribution in [0.4, 0.5) is 23.7 Å². The van der Waals surface area contributed by atoms with Gasteiger partial charge in [-0.25, -0.2) is 9.18 Å². The number of alkyl halides is 2. The molecule has 1 aromatic carbocycles. The maximum absolute atomic E-state index is 15.0. The van der Waals surface area contributed by atoms with Crippen molar-refractivity contribution in [2.75, 3.05) is 11.9 Å². The average molecular weight is 431 g/mol. The van der Waals surface area contributed by atoms with Crippen LogP contribution in [0.5, 0.6) is 0 Å². The van der Waals surface area contributed by atoms with E-state index in [1.54, 1.807) is 6.07 Å². The molecule has 2 aliphatic rings. The predicted molar refractivity (Wildman–Crippen MR) is 105 cm³/mol. The van der Waals surface area contributed by atoms with Gasteiger partial charge >= 0.3 is 6.03 Å². The van der Waals surface area contributed by atoms with Gasteiger partial charge < -0.3 is 15.3 Å². The SMILES string of the molecule is C=C[C@]1(O)CCC(F)(F)c2c3c(nn2C1)CCN(C(=O)Nc1ccc(F)c(C#N)c1)C3. The number of hydrogen-bond donors (Lipinski definition) is 2. The summed E-state index contributed by atoms with van der Waals surface area (Å²) in [5, 5.41) is 26.3. The zero-order valence-corrected chi connectivity index (χ0v) is 16.5. The van der Waals surface area contributed by atoms with Crippen molar-refractivity contribution in [3.05, 3.63) is 59.2 Å². The number of carbonyl (C=O) groups is 1. The van der Waals surface area contributed by atoms with Crippen LogP contribution >= 0.6 is 0 Å². The van der Waals surface area contributed by atoms with Gasteiger partial charge in [-0.1, -0.05) is 6.08 Å². The van der Waals surface area contributed by atoms with Gasteiger partial charge in [0.2, 0.25) is 0 Å². The molecule has 7 nitrogen and oxygen atoms in total. The molecule has 0 saturated carbocycles. The van der Waals surface area contributed by atoms with E-state index in [-0.39, 0.29) is 55.0 Å². The fourth-order valence-corrected chi connectivity index (χ4v) is 4.01. The first kappa shape index (κ1) is 20.9. The van der Waals surface area contributed by atoms with E-state index in [9.17, 15) is 23.1 Å². The lowest BCUT2D eigenvalue weighted by molar-refractivity contribution is -0.0311. The molecule has 0 spiro atoms. The lowest BCUT2D eigenvalue weighted by Crippen LogP contribution is -2.39. The van der Waals surface area contributed by atoms with Crippen molar-refractivity contribution >= 4 is 11.7 Å². The smallest absolute Gasteiger partial charge is 0.322 e. The average Bonchev–Trinajstić information content (AvgIpc) is 3.06. The lowest BCUT2D eigenvalue weighted by atomic mass is 9.95. The number of fused-ring (bicyclic) bond motifs is 3. The van der Waals surface area contributed by atoms with Crippen LogP contribution in [0, 0.1) is 17.1 Å². The van der Waals surface area contributed by atoms with Crippen molar-refractivity contribution in [2.45, 2.75) is 43.9 Å². The highest BCUT2D eigenvalue weighted by Crippen LogP contribution is 2.42. The van der Waals surface area contributed by atoms with Crippen LogP contribution in [0.1, 0.15) is 35.4 Å². The van der Waals surface area contributed by atoms with E-state index in [0.717, 1.165) is 10.7 Å². The number of nitrogens with zero attached hydrogens (tertiary/aromatic N) is 4. The summed E-state index contributed by atoms with van der Waals surface area (Å²) in [6, 6.07) is 4.74. The molecule has 0 bridgehead atoms. The molecule has 162 valence electrons. The fraction of sp³-hybridized carbons (Fsp3) is 0.381. The monoisotopic (exact) mass is 431 g/mol. The zero-order chi connectivity index (χ0) is 22.4. The molecule has 0 radical (unpaired) electrons. The molecule has 2 amide bonds. The van der Waals surface area contributed by atoms with Crippen LogP contribution in [0.3, 0.4) is 0 Å². The summed E-state index contributed by atoms with van der Waals surface area (Å²) in [6.07, 6.45) is 0.818. The normalized spacial score (nSPS) is 22.0.